The molecule has 0 aliphatic carbocycles. The lowest BCUT2D eigenvalue weighted by Crippen LogP contribution is -2.13. The molecule has 4 aromatic carbocycles. The van der Waals surface area contributed by atoms with Gasteiger partial charge in [0, 0.05) is 6.61 Å². The van der Waals surface area contributed by atoms with Gasteiger partial charge < -0.3 is 9.84 Å². The summed E-state index contributed by atoms with van der Waals surface area (Å²) < 4.78 is 61.0. The zero-order chi connectivity index (χ0) is 40.7. The van der Waals surface area contributed by atoms with E-state index in [1.165, 1.54) is 24.8 Å². The van der Waals surface area contributed by atoms with Gasteiger partial charge in [-0.25, -0.2) is 36.8 Å². The number of nitrogens with one attached hydrogen (secondary N) is 2. The van der Waals surface area contributed by atoms with E-state index < -0.39 is 20.0 Å². The van der Waals surface area contributed by atoms with Crippen LogP contribution in [0.25, 0.3) is 34.4 Å². The first-order valence-corrected chi connectivity index (χ1v) is 21.2. The van der Waals surface area contributed by atoms with E-state index in [1.54, 1.807) is 0 Å². The molecule has 2 heterocycles. The zero-order valence-corrected chi connectivity index (χ0v) is 33.5. The normalized spacial score (nSPS) is 11.6. The van der Waals surface area contributed by atoms with Gasteiger partial charge in [0.05, 0.1) is 28.5 Å². The number of aliphatic hydroxyl groups excluding tert-OH is 1. The first-order chi connectivity index (χ1) is 27.4. The number of ether oxygens (including phenoxy) is 1. The average molecular weight is 825 g/mol. The van der Waals surface area contributed by atoms with Crippen molar-refractivity contribution in [3.05, 3.63) is 160 Å². The first kappa shape index (κ1) is 42.2. The van der Waals surface area contributed by atoms with E-state index in [4.69, 9.17) is 21.4 Å². The van der Waals surface area contributed by atoms with Gasteiger partial charge in [0.15, 0.2) is 11.6 Å². The topological polar surface area (TPSA) is 173 Å². The molecule has 12 nitrogen and oxygen atoms in total. The Labute approximate surface area is 338 Å². The summed E-state index contributed by atoms with van der Waals surface area (Å²) in [5, 5.41) is 11.3. The second-order valence-corrected chi connectivity index (χ2v) is 16.0. The number of sulfonamides is 2. The number of hydrogen-bond donors (Lipinski definition) is 3. The van der Waals surface area contributed by atoms with Crippen LogP contribution >= 0.6 is 11.6 Å². The van der Waals surface area contributed by atoms with Crippen LogP contribution in [0.5, 0.6) is 5.88 Å². The third-order valence-electron chi connectivity index (χ3n) is 8.04. The maximum Gasteiger partial charge on any atom is 0.256 e. The van der Waals surface area contributed by atoms with E-state index >= 15 is 0 Å². The molecule has 6 rings (SSSR count). The Morgan fingerprint density at radius 2 is 1.07 bits per heavy atom. The monoisotopic (exact) mass is 824 g/mol. The number of aromatic nitrogens is 4. The van der Waals surface area contributed by atoms with Crippen molar-refractivity contribution in [2.75, 3.05) is 22.7 Å². The highest BCUT2D eigenvalue weighted by Gasteiger charge is 2.19. The van der Waals surface area contributed by atoms with Crippen LogP contribution in [0.1, 0.15) is 35.1 Å². The number of hydrogen-bond acceptors (Lipinski definition) is 10. The number of benzene rings is 4. The Morgan fingerprint density at radius 3 is 1.56 bits per heavy atom. The van der Waals surface area contributed by atoms with Crippen molar-refractivity contribution in [2.45, 2.75) is 26.7 Å². The molecule has 0 saturated heterocycles. The highest BCUT2D eigenvalue weighted by molar-refractivity contribution is 7.96. The smallest absolute Gasteiger partial charge is 0.256 e. The molecule has 15 heteroatoms. The number of halogens is 1. The highest BCUT2D eigenvalue weighted by atomic mass is 35.5. The lowest BCUT2D eigenvalue weighted by molar-refractivity contribution is 0.249. The summed E-state index contributed by atoms with van der Waals surface area (Å²) >= 11 is 6.20. The number of rotatable bonds is 15. The summed E-state index contributed by atoms with van der Waals surface area (Å²) in [6.45, 7) is 4.35. The Morgan fingerprint density at radius 1 is 0.614 bits per heavy atom. The molecule has 294 valence electrons. The molecule has 57 heavy (non-hydrogen) atoms. The van der Waals surface area contributed by atoms with Gasteiger partial charge in [0.1, 0.15) is 17.8 Å². The van der Waals surface area contributed by atoms with Crippen LogP contribution in [0.2, 0.25) is 5.15 Å². The van der Waals surface area contributed by atoms with Crippen molar-refractivity contribution in [3.63, 3.8) is 0 Å². The minimum Gasteiger partial charge on any atom is -0.477 e. The average Bonchev–Trinajstić information content (AvgIpc) is 3.20. The Balaban J connectivity index is 0.000000221. The Hall–Kier alpha value is -5.93. The van der Waals surface area contributed by atoms with Crippen molar-refractivity contribution < 1.29 is 26.7 Å². The van der Waals surface area contributed by atoms with E-state index in [0.717, 1.165) is 44.2 Å². The molecule has 0 radical (unpaired) electrons. The van der Waals surface area contributed by atoms with Crippen molar-refractivity contribution in [3.8, 4) is 28.1 Å². The first-order valence-electron chi connectivity index (χ1n) is 17.7. The molecule has 0 unspecified atom stereocenters. The quantitative estimate of drug-likeness (QED) is 0.0673. The SMILES string of the molecule is Cc1ccc(-c2c(Cl)ncnc2NS(=O)(=O)/C=C/c2ccccc2)cc1.Cc1ccc(-c2c(NS(=O)(=O)/C=C/c3ccccc3)ncnc2OCCCCO)cc1. The van der Waals surface area contributed by atoms with Gasteiger partial charge in [-0.1, -0.05) is 132 Å². The fourth-order valence-corrected chi connectivity index (χ4v) is 7.04. The molecule has 2 aromatic heterocycles. The lowest BCUT2D eigenvalue weighted by atomic mass is 10.1. The second-order valence-electron chi connectivity index (χ2n) is 12.5. The standard InChI is InChI=1S/C23H25N3O4S.C19H16ClN3O2S/c1-18-9-11-20(12-10-18)21-22(24-17-25-23(21)30-15-6-5-14-27)26-31(28,29)16-13-19-7-3-2-4-8-19;1-14-7-9-16(10-8-14)17-18(20)21-13-22-19(17)23-26(24,25)12-11-15-5-3-2-4-6-15/h2-4,7-13,16-17,27H,5-6,14-15H2,1H3,(H,24,25,26);2-13H,1H3,(H,21,22,23)/b16-13+;12-11+. The molecule has 6 aromatic rings. The van der Waals surface area contributed by atoms with Crippen molar-refractivity contribution >= 4 is 55.4 Å². The van der Waals surface area contributed by atoms with Crippen molar-refractivity contribution in [1.29, 1.82) is 0 Å². The molecule has 0 bridgehead atoms. The van der Waals surface area contributed by atoms with Crippen molar-refractivity contribution in [2.24, 2.45) is 0 Å². The molecule has 3 N–H and O–H groups in total. The Kier molecular flexibility index (Phi) is 15.0. The number of nitrogens with zero attached hydrogens (tertiary/aromatic N) is 4. The molecule has 0 aliphatic rings. The fourth-order valence-electron chi connectivity index (χ4n) is 5.14. The lowest BCUT2D eigenvalue weighted by Gasteiger charge is -2.15. The summed E-state index contributed by atoms with van der Waals surface area (Å²) in [5.41, 5.74) is 6.04. The molecule has 0 fully saturated rings. The van der Waals surface area contributed by atoms with E-state index in [1.807, 2.05) is 123 Å². The van der Waals surface area contributed by atoms with Gasteiger partial charge >= 0.3 is 0 Å². The third kappa shape index (κ3) is 13.1. The van der Waals surface area contributed by atoms with Crippen LogP contribution in [0.4, 0.5) is 11.6 Å². The zero-order valence-electron chi connectivity index (χ0n) is 31.2. The molecule has 0 aliphatic heterocycles. The third-order valence-corrected chi connectivity index (χ3v) is 10.3. The molecule has 0 atom stereocenters. The van der Waals surface area contributed by atoms with Gasteiger partial charge in [-0.15, -0.1) is 0 Å². The van der Waals surface area contributed by atoms with Gasteiger partial charge in [-0.3, -0.25) is 9.44 Å². The van der Waals surface area contributed by atoms with E-state index in [0.29, 0.717) is 30.6 Å². The number of aliphatic hydroxyl groups is 1. The van der Waals surface area contributed by atoms with Crippen molar-refractivity contribution in [1.82, 2.24) is 19.9 Å². The number of anilines is 2. The van der Waals surface area contributed by atoms with E-state index in [2.05, 4.69) is 29.4 Å². The summed E-state index contributed by atoms with van der Waals surface area (Å²) in [5.74, 6) is 0.543. The molecule has 0 saturated carbocycles. The summed E-state index contributed by atoms with van der Waals surface area (Å²) in [4.78, 5) is 16.4. The maximum absolute atomic E-state index is 12.7. The minimum absolute atomic E-state index is 0.0801. The van der Waals surface area contributed by atoms with Gasteiger partial charge in [-0.2, -0.15) is 0 Å². The largest absolute Gasteiger partial charge is 0.477 e. The van der Waals surface area contributed by atoms with Crippen LogP contribution in [0, 0.1) is 13.8 Å². The van der Waals surface area contributed by atoms with Crippen LogP contribution < -0.4 is 14.2 Å². The highest BCUT2D eigenvalue weighted by Crippen LogP contribution is 2.35. The van der Waals surface area contributed by atoms with Crippen LogP contribution in [-0.4, -0.2) is 55.1 Å². The molecule has 0 spiro atoms. The second kappa shape index (κ2) is 20.3. The van der Waals surface area contributed by atoms with Crippen LogP contribution in [-0.2, 0) is 20.0 Å². The minimum atomic E-state index is -3.83. The summed E-state index contributed by atoms with van der Waals surface area (Å²) in [7, 11) is -7.59. The Bertz CT molecular complexity index is 2510. The van der Waals surface area contributed by atoms with E-state index in [9.17, 15) is 16.8 Å². The molecule has 0 amide bonds. The van der Waals surface area contributed by atoms with Crippen LogP contribution in [0.15, 0.2) is 133 Å². The van der Waals surface area contributed by atoms with E-state index in [-0.39, 0.29) is 29.3 Å². The summed E-state index contributed by atoms with van der Waals surface area (Å²) in [6, 6.07) is 33.4. The maximum atomic E-state index is 12.7. The van der Waals surface area contributed by atoms with Crippen LogP contribution in [0.3, 0.4) is 0 Å². The molecular weight excluding hydrogens is 784 g/mol. The molecular formula is C42H41ClN6O6S2. The van der Waals surface area contributed by atoms with Gasteiger partial charge in [0.2, 0.25) is 5.88 Å². The number of unbranched alkanes of at least 4 members (excludes halogenated alkanes) is 1. The fraction of sp³-hybridized carbons (Fsp3) is 0.143. The van der Waals surface area contributed by atoms with Gasteiger partial charge in [-0.05, 0) is 61.1 Å². The number of aryl methyl sites for hydroxylation is 2. The predicted octanol–water partition coefficient (Wildman–Crippen LogP) is 8.53. The van der Waals surface area contributed by atoms with Gasteiger partial charge in [0.25, 0.3) is 20.0 Å². The predicted molar refractivity (Wildman–Crippen MR) is 227 cm³/mol. The summed E-state index contributed by atoms with van der Waals surface area (Å²) in [6.07, 6.45) is 6.76.